The molecule has 0 aliphatic carbocycles. The van der Waals surface area contributed by atoms with E-state index >= 15 is 0 Å². The van der Waals surface area contributed by atoms with Crippen LogP contribution in [0.1, 0.15) is 32.8 Å². The van der Waals surface area contributed by atoms with Gasteiger partial charge in [0.05, 0.1) is 0 Å². The van der Waals surface area contributed by atoms with Gasteiger partial charge in [0.2, 0.25) is 0 Å². The highest BCUT2D eigenvalue weighted by atomic mass is 79.9. The zero-order valence-corrected chi connectivity index (χ0v) is 11.0. The molecule has 0 saturated carbocycles. The standard InChI is InChI=1S/C12H16BrNO/c1-4-12(2,3)11(15)6-9-5-10(13)8-14-7-9/h5,7-8H,4,6H2,1-3H3. The molecule has 0 N–H and O–H groups in total. The van der Waals surface area contributed by atoms with E-state index in [4.69, 9.17) is 0 Å². The van der Waals surface area contributed by atoms with Crippen LogP contribution >= 0.6 is 15.9 Å². The first-order chi connectivity index (χ1) is 6.95. The van der Waals surface area contributed by atoms with Crippen LogP contribution in [-0.4, -0.2) is 10.8 Å². The average molecular weight is 270 g/mol. The number of ketones is 1. The van der Waals surface area contributed by atoms with Crippen molar-refractivity contribution in [1.82, 2.24) is 4.98 Å². The predicted octanol–water partition coefficient (Wildman–Crippen LogP) is 3.39. The quantitative estimate of drug-likeness (QED) is 0.839. The third kappa shape index (κ3) is 3.42. The maximum absolute atomic E-state index is 11.9. The Bertz CT molecular complexity index is 360. The minimum absolute atomic E-state index is 0.234. The lowest BCUT2D eigenvalue weighted by molar-refractivity contribution is -0.126. The SMILES string of the molecule is CCC(C)(C)C(=O)Cc1cncc(Br)c1. The number of rotatable bonds is 4. The Labute approximate surface area is 99.2 Å². The van der Waals surface area contributed by atoms with E-state index in [2.05, 4.69) is 20.9 Å². The number of hydrogen-bond donors (Lipinski definition) is 0. The predicted molar refractivity (Wildman–Crippen MR) is 64.7 cm³/mol. The zero-order chi connectivity index (χ0) is 11.5. The van der Waals surface area contributed by atoms with Crippen LogP contribution in [-0.2, 0) is 11.2 Å². The van der Waals surface area contributed by atoms with Crippen molar-refractivity contribution < 1.29 is 4.79 Å². The molecule has 0 aromatic carbocycles. The summed E-state index contributed by atoms with van der Waals surface area (Å²) in [5.41, 5.74) is 0.735. The molecule has 15 heavy (non-hydrogen) atoms. The molecule has 0 aliphatic heterocycles. The van der Waals surface area contributed by atoms with Gasteiger partial charge < -0.3 is 0 Å². The number of carbonyl (C=O) groups excluding carboxylic acids is 1. The highest BCUT2D eigenvalue weighted by Gasteiger charge is 2.24. The molecule has 0 atom stereocenters. The minimum atomic E-state index is -0.234. The van der Waals surface area contributed by atoms with Crippen molar-refractivity contribution in [1.29, 1.82) is 0 Å². The normalized spacial score (nSPS) is 11.5. The van der Waals surface area contributed by atoms with Crippen LogP contribution < -0.4 is 0 Å². The second kappa shape index (κ2) is 4.88. The maximum Gasteiger partial charge on any atom is 0.142 e. The second-order valence-corrected chi connectivity index (χ2v) is 5.26. The number of Topliss-reactive ketones (excluding diaryl/α,β-unsaturated/α-hetero) is 1. The van der Waals surface area contributed by atoms with Crippen molar-refractivity contribution in [2.45, 2.75) is 33.6 Å². The third-order valence-electron chi connectivity index (χ3n) is 2.76. The highest BCUT2D eigenvalue weighted by molar-refractivity contribution is 9.10. The molecule has 1 heterocycles. The molecule has 1 aromatic heterocycles. The molecular weight excluding hydrogens is 254 g/mol. The van der Waals surface area contributed by atoms with Crippen molar-refractivity contribution >= 4 is 21.7 Å². The van der Waals surface area contributed by atoms with Gasteiger partial charge in [-0.1, -0.05) is 20.8 Å². The van der Waals surface area contributed by atoms with E-state index in [9.17, 15) is 4.79 Å². The fourth-order valence-electron chi connectivity index (χ4n) is 1.17. The Morgan fingerprint density at radius 2 is 2.13 bits per heavy atom. The number of aromatic nitrogens is 1. The fourth-order valence-corrected chi connectivity index (χ4v) is 1.59. The molecule has 2 nitrogen and oxygen atoms in total. The Kier molecular flexibility index (Phi) is 4.03. The van der Waals surface area contributed by atoms with Gasteiger partial charge in [-0.2, -0.15) is 0 Å². The summed E-state index contributed by atoms with van der Waals surface area (Å²) in [6.45, 7) is 6.01. The fraction of sp³-hybridized carbons (Fsp3) is 0.500. The van der Waals surface area contributed by atoms with Gasteiger partial charge in [-0.3, -0.25) is 9.78 Å². The molecule has 1 rings (SSSR count). The molecule has 0 unspecified atom stereocenters. The van der Waals surface area contributed by atoms with E-state index in [0.717, 1.165) is 16.5 Å². The van der Waals surface area contributed by atoms with Crippen LogP contribution in [0.15, 0.2) is 22.9 Å². The van der Waals surface area contributed by atoms with Crippen molar-refractivity contribution in [3.05, 3.63) is 28.5 Å². The summed E-state index contributed by atoms with van der Waals surface area (Å²) >= 11 is 3.35. The van der Waals surface area contributed by atoms with Gasteiger partial charge in [0, 0.05) is 28.7 Å². The molecule has 0 spiro atoms. The monoisotopic (exact) mass is 269 g/mol. The molecule has 3 heteroatoms. The largest absolute Gasteiger partial charge is 0.299 e. The summed E-state index contributed by atoms with van der Waals surface area (Å²) in [4.78, 5) is 16.0. The van der Waals surface area contributed by atoms with E-state index in [1.807, 2.05) is 26.8 Å². The number of nitrogens with zero attached hydrogens (tertiary/aromatic N) is 1. The smallest absolute Gasteiger partial charge is 0.142 e. The van der Waals surface area contributed by atoms with Crippen LogP contribution in [0.5, 0.6) is 0 Å². The highest BCUT2D eigenvalue weighted by Crippen LogP contribution is 2.23. The lowest BCUT2D eigenvalue weighted by Gasteiger charge is -2.20. The summed E-state index contributed by atoms with van der Waals surface area (Å²) in [5.74, 6) is 0.268. The summed E-state index contributed by atoms with van der Waals surface area (Å²) < 4.78 is 0.919. The van der Waals surface area contributed by atoms with Gasteiger partial charge >= 0.3 is 0 Å². The summed E-state index contributed by atoms with van der Waals surface area (Å²) in [7, 11) is 0. The Morgan fingerprint density at radius 3 is 2.67 bits per heavy atom. The van der Waals surface area contributed by atoms with Crippen LogP contribution in [0, 0.1) is 5.41 Å². The van der Waals surface area contributed by atoms with Crippen LogP contribution in [0.25, 0.3) is 0 Å². The van der Waals surface area contributed by atoms with E-state index < -0.39 is 0 Å². The lowest BCUT2D eigenvalue weighted by Crippen LogP contribution is -2.25. The van der Waals surface area contributed by atoms with Gasteiger partial charge in [0.25, 0.3) is 0 Å². The van der Waals surface area contributed by atoms with Gasteiger partial charge in [-0.05, 0) is 34.0 Å². The maximum atomic E-state index is 11.9. The van der Waals surface area contributed by atoms with E-state index in [0.29, 0.717) is 6.42 Å². The third-order valence-corrected chi connectivity index (χ3v) is 3.20. The van der Waals surface area contributed by atoms with E-state index in [1.165, 1.54) is 0 Å². The van der Waals surface area contributed by atoms with Crippen molar-refractivity contribution in [2.75, 3.05) is 0 Å². The molecule has 0 amide bonds. The average Bonchev–Trinajstić information content (AvgIpc) is 2.17. The Balaban J connectivity index is 2.75. The molecule has 82 valence electrons. The van der Waals surface area contributed by atoms with Gasteiger partial charge in [0.15, 0.2) is 0 Å². The van der Waals surface area contributed by atoms with Crippen molar-refractivity contribution in [2.24, 2.45) is 5.41 Å². The van der Waals surface area contributed by atoms with Crippen LogP contribution in [0.2, 0.25) is 0 Å². The Hall–Kier alpha value is -0.700. The topological polar surface area (TPSA) is 30.0 Å². The number of halogens is 1. The van der Waals surface area contributed by atoms with Gasteiger partial charge in [0.1, 0.15) is 5.78 Å². The minimum Gasteiger partial charge on any atom is -0.299 e. The first-order valence-corrected chi connectivity index (χ1v) is 5.87. The van der Waals surface area contributed by atoms with Gasteiger partial charge in [-0.15, -0.1) is 0 Å². The molecule has 0 saturated heterocycles. The first kappa shape index (κ1) is 12.4. The van der Waals surface area contributed by atoms with Crippen molar-refractivity contribution in [3.8, 4) is 0 Å². The summed E-state index contributed by atoms with van der Waals surface area (Å²) in [5, 5.41) is 0. The molecule has 0 bridgehead atoms. The van der Waals surface area contributed by atoms with Crippen molar-refractivity contribution in [3.63, 3.8) is 0 Å². The van der Waals surface area contributed by atoms with E-state index in [1.54, 1.807) is 12.4 Å². The Morgan fingerprint density at radius 1 is 1.47 bits per heavy atom. The van der Waals surface area contributed by atoms with E-state index in [-0.39, 0.29) is 11.2 Å². The molecule has 0 radical (unpaired) electrons. The summed E-state index contributed by atoms with van der Waals surface area (Å²) in [6, 6.07) is 1.94. The molecule has 0 aliphatic rings. The summed E-state index contributed by atoms with van der Waals surface area (Å²) in [6.07, 6.45) is 4.80. The zero-order valence-electron chi connectivity index (χ0n) is 9.38. The lowest BCUT2D eigenvalue weighted by atomic mass is 9.83. The van der Waals surface area contributed by atoms with Crippen LogP contribution in [0.4, 0.5) is 0 Å². The molecular formula is C12H16BrNO. The molecule has 0 fully saturated rings. The van der Waals surface area contributed by atoms with Gasteiger partial charge in [-0.25, -0.2) is 0 Å². The number of carbonyl (C=O) groups is 1. The van der Waals surface area contributed by atoms with Crippen LogP contribution in [0.3, 0.4) is 0 Å². The molecule has 1 aromatic rings. The number of hydrogen-bond acceptors (Lipinski definition) is 2. The first-order valence-electron chi connectivity index (χ1n) is 5.08. The number of pyridine rings is 1. The second-order valence-electron chi connectivity index (χ2n) is 4.35.